The first-order valence-corrected chi connectivity index (χ1v) is 6.17. The Balaban J connectivity index is 2.45. The Hall–Kier alpha value is -0.610. The molecule has 0 bridgehead atoms. The molecule has 1 rings (SSSR count). The first-order valence-electron chi connectivity index (χ1n) is 6.17. The van der Waals surface area contributed by atoms with Crippen LogP contribution < -0.4 is 10.6 Å². The molecule has 1 heterocycles. The third-order valence-corrected chi connectivity index (χ3v) is 3.02. The lowest BCUT2D eigenvalue weighted by Gasteiger charge is -2.41. The van der Waals surface area contributed by atoms with Crippen molar-refractivity contribution < 1.29 is 4.79 Å². The number of rotatable bonds is 4. The van der Waals surface area contributed by atoms with Gasteiger partial charge in [0.25, 0.3) is 0 Å². The molecule has 0 aromatic carbocycles. The summed E-state index contributed by atoms with van der Waals surface area (Å²) >= 11 is 0. The fraction of sp³-hybridized carbons (Fsp3) is 0.917. The molecule has 0 atom stereocenters. The second-order valence-electron chi connectivity index (χ2n) is 5.45. The molecule has 0 spiro atoms. The first-order chi connectivity index (χ1) is 7.42. The largest absolute Gasteiger partial charge is 0.354 e. The van der Waals surface area contributed by atoms with E-state index in [1.807, 2.05) is 13.8 Å². The number of amides is 1. The van der Waals surface area contributed by atoms with Gasteiger partial charge in [0.1, 0.15) is 0 Å². The van der Waals surface area contributed by atoms with Gasteiger partial charge in [-0.15, -0.1) is 0 Å². The van der Waals surface area contributed by atoms with Gasteiger partial charge in [-0.3, -0.25) is 9.69 Å². The molecule has 1 aliphatic rings. The number of hydrogen-bond donors (Lipinski definition) is 2. The van der Waals surface area contributed by atoms with Crippen LogP contribution in [-0.4, -0.2) is 48.6 Å². The van der Waals surface area contributed by atoms with Gasteiger partial charge in [-0.1, -0.05) is 0 Å². The van der Waals surface area contributed by atoms with E-state index < -0.39 is 0 Å². The lowest BCUT2D eigenvalue weighted by atomic mass is 9.96. The van der Waals surface area contributed by atoms with Gasteiger partial charge < -0.3 is 10.6 Å². The van der Waals surface area contributed by atoms with Crippen LogP contribution in [0.5, 0.6) is 0 Å². The summed E-state index contributed by atoms with van der Waals surface area (Å²) in [6.45, 7) is 12.4. The standard InChI is InChI=1S/C12H25N3O/c1-10(2)14-11(16)9-12(3,4)15-7-5-13-6-8-15/h10,13H,5-9H2,1-4H3,(H,14,16). The second-order valence-corrected chi connectivity index (χ2v) is 5.45. The van der Waals surface area contributed by atoms with Gasteiger partial charge in [0.2, 0.25) is 5.91 Å². The van der Waals surface area contributed by atoms with Crippen LogP contribution in [0, 0.1) is 0 Å². The Morgan fingerprint density at radius 3 is 2.44 bits per heavy atom. The Kier molecular flexibility index (Phi) is 4.74. The highest BCUT2D eigenvalue weighted by Gasteiger charge is 2.30. The zero-order valence-corrected chi connectivity index (χ0v) is 11.0. The zero-order chi connectivity index (χ0) is 12.2. The molecule has 1 saturated heterocycles. The van der Waals surface area contributed by atoms with Crippen molar-refractivity contribution in [3.05, 3.63) is 0 Å². The van der Waals surface area contributed by atoms with Crippen molar-refractivity contribution in [2.45, 2.75) is 45.7 Å². The van der Waals surface area contributed by atoms with Gasteiger partial charge in [-0.25, -0.2) is 0 Å². The maximum atomic E-state index is 11.8. The third-order valence-electron chi connectivity index (χ3n) is 3.02. The number of carbonyl (C=O) groups excluding carboxylic acids is 1. The Morgan fingerprint density at radius 1 is 1.38 bits per heavy atom. The van der Waals surface area contributed by atoms with Crippen molar-refractivity contribution in [1.29, 1.82) is 0 Å². The SMILES string of the molecule is CC(C)NC(=O)CC(C)(C)N1CCNCC1. The predicted molar refractivity (Wildman–Crippen MR) is 66.4 cm³/mol. The predicted octanol–water partition coefficient (Wildman–Crippen LogP) is 0.585. The summed E-state index contributed by atoms with van der Waals surface area (Å²) in [5.74, 6) is 0.151. The maximum absolute atomic E-state index is 11.8. The molecular weight excluding hydrogens is 202 g/mol. The minimum Gasteiger partial charge on any atom is -0.354 e. The minimum absolute atomic E-state index is 0.0406. The number of piperazine rings is 1. The molecule has 1 aliphatic heterocycles. The molecule has 4 nitrogen and oxygen atoms in total. The van der Waals surface area contributed by atoms with Gasteiger partial charge in [0.05, 0.1) is 0 Å². The summed E-state index contributed by atoms with van der Waals surface area (Å²) in [5.41, 5.74) is -0.0406. The van der Waals surface area contributed by atoms with Crippen LogP contribution in [-0.2, 0) is 4.79 Å². The number of carbonyl (C=O) groups is 1. The van der Waals surface area contributed by atoms with Crippen molar-refractivity contribution in [1.82, 2.24) is 15.5 Å². The monoisotopic (exact) mass is 227 g/mol. The van der Waals surface area contributed by atoms with E-state index >= 15 is 0 Å². The van der Waals surface area contributed by atoms with Crippen LogP contribution in [0.2, 0.25) is 0 Å². The molecule has 1 fully saturated rings. The van der Waals surface area contributed by atoms with Crippen molar-refractivity contribution in [2.75, 3.05) is 26.2 Å². The topological polar surface area (TPSA) is 44.4 Å². The molecule has 0 aromatic rings. The van der Waals surface area contributed by atoms with Crippen LogP contribution in [0.15, 0.2) is 0 Å². The molecular formula is C12H25N3O. The summed E-state index contributed by atoms with van der Waals surface area (Å²) in [4.78, 5) is 14.2. The van der Waals surface area contributed by atoms with E-state index in [9.17, 15) is 4.79 Å². The third kappa shape index (κ3) is 4.10. The molecule has 0 aromatic heterocycles. The molecule has 2 N–H and O–H groups in total. The summed E-state index contributed by atoms with van der Waals surface area (Å²) in [5, 5.41) is 6.29. The smallest absolute Gasteiger partial charge is 0.222 e. The van der Waals surface area contributed by atoms with Crippen LogP contribution in [0.4, 0.5) is 0 Å². The lowest BCUT2D eigenvalue weighted by molar-refractivity contribution is -0.124. The van der Waals surface area contributed by atoms with Crippen molar-refractivity contribution in [3.8, 4) is 0 Å². The van der Waals surface area contributed by atoms with E-state index in [4.69, 9.17) is 0 Å². The molecule has 16 heavy (non-hydrogen) atoms. The fourth-order valence-corrected chi connectivity index (χ4v) is 2.15. The lowest BCUT2D eigenvalue weighted by Crippen LogP contribution is -2.55. The number of nitrogens with one attached hydrogen (secondary N) is 2. The summed E-state index contributed by atoms with van der Waals surface area (Å²) in [6.07, 6.45) is 0.575. The molecule has 0 unspecified atom stereocenters. The zero-order valence-electron chi connectivity index (χ0n) is 11.0. The molecule has 94 valence electrons. The van der Waals surface area contributed by atoms with Crippen LogP contribution in [0.25, 0.3) is 0 Å². The maximum Gasteiger partial charge on any atom is 0.222 e. The average molecular weight is 227 g/mol. The van der Waals surface area contributed by atoms with E-state index in [0.29, 0.717) is 6.42 Å². The van der Waals surface area contributed by atoms with Crippen molar-refractivity contribution >= 4 is 5.91 Å². The Labute approximate surface area is 98.8 Å². The van der Waals surface area contributed by atoms with Crippen LogP contribution in [0.3, 0.4) is 0 Å². The number of nitrogens with zero attached hydrogens (tertiary/aromatic N) is 1. The molecule has 0 saturated carbocycles. The normalized spacial score (nSPS) is 18.8. The second kappa shape index (κ2) is 5.64. The van der Waals surface area contributed by atoms with E-state index in [-0.39, 0.29) is 17.5 Å². The van der Waals surface area contributed by atoms with Gasteiger partial charge in [0.15, 0.2) is 0 Å². The van der Waals surface area contributed by atoms with Crippen LogP contribution >= 0.6 is 0 Å². The minimum atomic E-state index is -0.0406. The quantitative estimate of drug-likeness (QED) is 0.738. The number of hydrogen-bond acceptors (Lipinski definition) is 3. The Bertz CT molecular complexity index is 232. The van der Waals surface area contributed by atoms with Crippen LogP contribution in [0.1, 0.15) is 34.1 Å². The van der Waals surface area contributed by atoms with Crippen molar-refractivity contribution in [2.24, 2.45) is 0 Å². The van der Waals surface area contributed by atoms with Gasteiger partial charge >= 0.3 is 0 Å². The van der Waals surface area contributed by atoms with E-state index in [1.165, 1.54) is 0 Å². The summed E-state index contributed by atoms with van der Waals surface area (Å²) in [7, 11) is 0. The van der Waals surface area contributed by atoms with E-state index in [1.54, 1.807) is 0 Å². The Morgan fingerprint density at radius 2 is 1.94 bits per heavy atom. The first kappa shape index (κ1) is 13.5. The molecule has 0 radical (unpaired) electrons. The van der Waals surface area contributed by atoms with Crippen molar-refractivity contribution in [3.63, 3.8) is 0 Å². The van der Waals surface area contributed by atoms with Gasteiger partial charge in [-0.2, -0.15) is 0 Å². The highest BCUT2D eigenvalue weighted by molar-refractivity contribution is 5.77. The van der Waals surface area contributed by atoms with E-state index in [2.05, 4.69) is 29.4 Å². The molecule has 4 heteroatoms. The highest BCUT2D eigenvalue weighted by Crippen LogP contribution is 2.19. The average Bonchev–Trinajstić information content (AvgIpc) is 2.16. The molecule has 0 aliphatic carbocycles. The molecule has 1 amide bonds. The summed E-state index contributed by atoms with van der Waals surface area (Å²) < 4.78 is 0. The fourth-order valence-electron chi connectivity index (χ4n) is 2.15. The van der Waals surface area contributed by atoms with E-state index in [0.717, 1.165) is 26.2 Å². The van der Waals surface area contributed by atoms with Gasteiger partial charge in [0, 0.05) is 44.2 Å². The van der Waals surface area contributed by atoms with Gasteiger partial charge in [-0.05, 0) is 27.7 Å². The highest BCUT2D eigenvalue weighted by atomic mass is 16.1. The summed E-state index contributed by atoms with van der Waals surface area (Å²) in [6, 6.07) is 0.228.